The van der Waals surface area contributed by atoms with Crippen molar-refractivity contribution in [3.8, 4) is 5.69 Å². The summed E-state index contributed by atoms with van der Waals surface area (Å²) >= 11 is 11.9. The monoisotopic (exact) mass is 309 g/mol. The molecule has 2 rings (SSSR count). The fraction of sp³-hybridized carbons (Fsp3) is 0.312. The quantitative estimate of drug-likeness (QED) is 0.586. The Labute approximate surface area is 129 Å². The van der Waals surface area contributed by atoms with Gasteiger partial charge in [-0.15, -0.1) is 11.6 Å². The van der Waals surface area contributed by atoms with Gasteiger partial charge in [0.05, 0.1) is 5.38 Å². The third kappa shape index (κ3) is 2.63. The molecule has 1 atom stereocenters. The Kier molecular flexibility index (Phi) is 4.26. The molecule has 2 aromatic rings. The summed E-state index contributed by atoms with van der Waals surface area (Å²) in [6.45, 7) is 7.62. The lowest BCUT2D eigenvalue weighted by atomic mass is 10.1. The molecule has 0 aliphatic rings. The van der Waals surface area contributed by atoms with Crippen LogP contribution >= 0.6 is 23.2 Å². The molecule has 0 fully saturated rings. The zero-order chi connectivity index (χ0) is 15.0. The van der Waals surface area contributed by atoms with Crippen LogP contribution < -0.4 is 0 Å². The number of alkyl halides is 1. The standard InChI is InChI=1S/C16H17Cl2NO/c1-9-7-13(18)5-6-15(9)19-10(2)8-14(12(19)4)16(20)11(3)17/h5-8,11H,1-4H3. The first kappa shape index (κ1) is 15.1. The number of benzene rings is 1. The maximum Gasteiger partial charge on any atom is 0.182 e. The third-order valence-electron chi connectivity index (χ3n) is 3.46. The fourth-order valence-corrected chi connectivity index (χ4v) is 2.81. The highest BCUT2D eigenvalue weighted by Gasteiger charge is 2.20. The molecule has 0 bridgehead atoms. The Morgan fingerprint density at radius 2 is 1.85 bits per heavy atom. The molecule has 0 spiro atoms. The zero-order valence-corrected chi connectivity index (χ0v) is 13.5. The molecular formula is C16H17Cl2NO. The first-order valence-corrected chi connectivity index (χ1v) is 7.28. The molecule has 0 saturated heterocycles. The minimum absolute atomic E-state index is 0.0439. The van der Waals surface area contributed by atoms with E-state index >= 15 is 0 Å². The van der Waals surface area contributed by atoms with Crippen molar-refractivity contribution < 1.29 is 4.79 Å². The Balaban J connectivity index is 2.61. The number of nitrogens with zero attached hydrogens (tertiary/aromatic N) is 1. The Morgan fingerprint density at radius 3 is 2.40 bits per heavy atom. The van der Waals surface area contributed by atoms with E-state index in [1.54, 1.807) is 6.92 Å². The van der Waals surface area contributed by atoms with Gasteiger partial charge in [0.25, 0.3) is 0 Å². The van der Waals surface area contributed by atoms with Crippen LogP contribution in [0.5, 0.6) is 0 Å². The number of ketones is 1. The molecule has 0 aliphatic heterocycles. The van der Waals surface area contributed by atoms with Crippen LogP contribution in [0.2, 0.25) is 5.02 Å². The Morgan fingerprint density at radius 1 is 1.20 bits per heavy atom. The molecule has 0 aliphatic carbocycles. The van der Waals surface area contributed by atoms with Crippen molar-refractivity contribution in [1.82, 2.24) is 4.57 Å². The van der Waals surface area contributed by atoms with Crippen LogP contribution in [0, 0.1) is 20.8 Å². The lowest BCUT2D eigenvalue weighted by Crippen LogP contribution is -2.12. The van der Waals surface area contributed by atoms with E-state index in [4.69, 9.17) is 23.2 Å². The Bertz CT molecular complexity index is 671. The predicted molar refractivity (Wildman–Crippen MR) is 84.6 cm³/mol. The summed E-state index contributed by atoms with van der Waals surface area (Å²) in [7, 11) is 0. The van der Waals surface area contributed by atoms with Crippen molar-refractivity contribution in [2.45, 2.75) is 33.1 Å². The van der Waals surface area contributed by atoms with Crippen molar-refractivity contribution in [3.05, 3.63) is 51.8 Å². The summed E-state index contributed by atoms with van der Waals surface area (Å²) in [6.07, 6.45) is 0. The number of aryl methyl sites for hydroxylation is 2. The summed E-state index contributed by atoms with van der Waals surface area (Å²) in [4.78, 5) is 12.1. The Hall–Kier alpha value is -1.25. The molecule has 106 valence electrons. The SMILES string of the molecule is Cc1cc(Cl)ccc1-n1c(C)cc(C(=O)C(C)Cl)c1C. The average Bonchev–Trinajstić information content (AvgIpc) is 2.65. The number of carbonyl (C=O) groups excluding carboxylic acids is 1. The topological polar surface area (TPSA) is 22.0 Å². The van der Waals surface area contributed by atoms with Gasteiger partial charge in [-0.3, -0.25) is 4.79 Å². The van der Waals surface area contributed by atoms with Crippen LogP contribution in [0.25, 0.3) is 5.69 Å². The molecule has 1 unspecified atom stereocenters. The van der Waals surface area contributed by atoms with E-state index in [2.05, 4.69) is 4.57 Å². The first-order chi connectivity index (χ1) is 9.32. The van der Waals surface area contributed by atoms with E-state index in [0.29, 0.717) is 10.6 Å². The summed E-state index contributed by atoms with van der Waals surface area (Å²) in [6, 6.07) is 7.64. The maximum absolute atomic E-state index is 12.1. The van der Waals surface area contributed by atoms with Gasteiger partial charge in [-0.05, 0) is 57.5 Å². The molecular weight excluding hydrogens is 293 g/mol. The first-order valence-electron chi connectivity index (χ1n) is 6.46. The number of Topliss-reactive ketones (excluding diaryl/α,β-unsaturated/α-hetero) is 1. The molecule has 4 heteroatoms. The summed E-state index contributed by atoms with van der Waals surface area (Å²) in [5, 5.41) is 0.189. The van der Waals surface area contributed by atoms with Gasteiger partial charge in [0.2, 0.25) is 0 Å². The number of hydrogen-bond donors (Lipinski definition) is 0. The lowest BCUT2D eigenvalue weighted by molar-refractivity contribution is 0.0991. The zero-order valence-electron chi connectivity index (χ0n) is 12.0. The molecule has 0 N–H and O–H groups in total. The predicted octanol–water partition coefficient (Wildman–Crippen LogP) is 4.87. The number of halogens is 2. The minimum Gasteiger partial charge on any atom is -0.317 e. The molecule has 20 heavy (non-hydrogen) atoms. The second-order valence-corrected chi connectivity index (χ2v) is 6.12. The van der Waals surface area contributed by atoms with E-state index in [-0.39, 0.29) is 5.78 Å². The number of hydrogen-bond acceptors (Lipinski definition) is 1. The van der Waals surface area contributed by atoms with Crippen molar-refractivity contribution in [3.63, 3.8) is 0 Å². The molecule has 1 aromatic heterocycles. The van der Waals surface area contributed by atoms with Crippen LogP contribution in [0.1, 0.15) is 34.2 Å². The van der Waals surface area contributed by atoms with Crippen LogP contribution in [-0.4, -0.2) is 15.7 Å². The van der Waals surface area contributed by atoms with Gasteiger partial charge in [0, 0.05) is 27.7 Å². The molecule has 0 saturated carbocycles. The highest BCUT2D eigenvalue weighted by atomic mass is 35.5. The largest absolute Gasteiger partial charge is 0.317 e. The van der Waals surface area contributed by atoms with E-state index in [0.717, 1.165) is 22.6 Å². The summed E-state index contributed by atoms with van der Waals surface area (Å²) < 4.78 is 2.07. The van der Waals surface area contributed by atoms with E-state index in [1.165, 1.54) is 0 Å². The van der Waals surface area contributed by atoms with E-state index < -0.39 is 5.38 Å². The van der Waals surface area contributed by atoms with Gasteiger partial charge >= 0.3 is 0 Å². The van der Waals surface area contributed by atoms with Gasteiger partial charge < -0.3 is 4.57 Å². The van der Waals surface area contributed by atoms with Crippen LogP contribution in [0.4, 0.5) is 0 Å². The molecule has 1 heterocycles. The van der Waals surface area contributed by atoms with Crippen molar-refractivity contribution in [2.75, 3.05) is 0 Å². The second-order valence-electron chi connectivity index (χ2n) is 5.03. The minimum atomic E-state index is -0.518. The smallest absolute Gasteiger partial charge is 0.182 e. The molecule has 1 aromatic carbocycles. The van der Waals surface area contributed by atoms with Gasteiger partial charge in [-0.1, -0.05) is 11.6 Å². The fourth-order valence-electron chi connectivity index (χ4n) is 2.47. The molecule has 0 amide bonds. The van der Waals surface area contributed by atoms with Crippen LogP contribution in [0.3, 0.4) is 0 Å². The van der Waals surface area contributed by atoms with Gasteiger partial charge in [0.15, 0.2) is 5.78 Å². The molecule has 2 nitrogen and oxygen atoms in total. The number of aromatic nitrogens is 1. The summed E-state index contributed by atoms with van der Waals surface area (Å²) in [5.74, 6) is -0.0439. The third-order valence-corrected chi connectivity index (χ3v) is 3.89. The van der Waals surface area contributed by atoms with Crippen LogP contribution in [0.15, 0.2) is 24.3 Å². The highest BCUT2D eigenvalue weighted by Crippen LogP contribution is 2.26. The van der Waals surface area contributed by atoms with E-state index in [9.17, 15) is 4.79 Å². The van der Waals surface area contributed by atoms with Gasteiger partial charge in [-0.2, -0.15) is 0 Å². The normalized spacial score (nSPS) is 12.5. The van der Waals surface area contributed by atoms with Crippen LogP contribution in [-0.2, 0) is 0 Å². The van der Waals surface area contributed by atoms with Gasteiger partial charge in [0.1, 0.15) is 0 Å². The summed E-state index contributed by atoms with van der Waals surface area (Å²) in [5.41, 5.74) is 4.70. The maximum atomic E-state index is 12.1. The number of carbonyl (C=O) groups is 1. The number of rotatable bonds is 3. The van der Waals surface area contributed by atoms with Gasteiger partial charge in [-0.25, -0.2) is 0 Å². The van der Waals surface area contributed by atoms with Crippen molar-refractivity contribution in [2.24, 2.45) is 0 Å². The van der Waals surface area contributed by atoms with E-state index in [1.807, 2.05) is 45.0 Å². The highest BCUT2D eigenvalue weighted by molar-refractivity contribution is 6.33. The second kappa shape index (κ2) is 5.63. The van der Waals surface area contributed by atoms with Crippen molar-refractivity contribution in [1.29, 1.82) is 0 Å². The lowest BCUT2D eigenvalue weighted by Gasteiger charge is -2.13. The van der Waals surface area contributed by atoms with Crippen molar-refractivity contribution >= 4 is 29.0 Å². The molecule has 0 radical (unpaired) electrons. The average molecular weight is 310 g/mol.